The minimum atomic E-state index is -0.353. The van der Waals surface area contributed by atoms with Crippen LogP contribution < -0.4 is 0 Å². The summed E-state index contributed by atoms with van der Waals surface area (Å²) in [6.07, 6.45) is 4.93. The zero-order valence-electron chi connectivity index (χ0n) is 9.56. The Balaban J connectivity index is 2.34. The van der Waals surface area contributed by atoms with Gasteiger partial charge in [0.05, 0.1) is 23.1 Å². The molecule has 2 aromatic heterocycles. The van der Waals surface area contributed by atoms with E-state index >= 15 is 0 Å². The molecule has 0 aliphatic heterocycles. The Bertz CT molecular complexity index is 736. The van der Waals surface area contributed by atoms with Crippen LogP contribution in [0, 0.1) is 12.7 Å². The molecule has 0 atom stereocenters. The van der Waals surface area contributed by atoms with Crippen LogP contribution in [-0.2, 0) is 0 Å². The third kappa shape index (κ3) is 1.66. The van der Waals surface area contributed by atoms with Gasteiger partial charge in [0.15, 0.2) is 0 Å². The number of aryl methyl sites for hydroxylation is 1. The summed E-state index contributed by atoms with van der Waals surface area (Å²) in [6, 6.07) is 4.76. The van der Waals surface area contributed by atoms with Gasteiger partial charge in [0.1, 0.15) is 11.3 Å². The highest BCUT2D eigenvalue weighted by Crippen LogP contribution is 2.27. The maximum absolute atomic E-state index is 13.9. The summed E-state index contributed by atoms with van der Waals surface area (Å²) in [6.45, 7) is 1.92. The number of halogens is 2. The number of pyridine rings is 1. The fourth-order valence-corrected chi connectivity index (χ4v) is 2.12. The quantitative estimate of drug-likeness (QED) is 0.671. The summed E-state index contributed by atoms with van der Waals surface area (Å²) in [7, 11) is 0. The monoisotopic (exact) mass is 261 g/mol. The zero-order chi connectivity index (χ0) is 12.7. The van der Waals surface area contributed by atoms with Crippen molar-refractivity contribution in [1.29, 1.82) is 0 Å². The lowest BCUT2D eigenvalue weighted by atomic mass is 10.2. The van der Waals surface area contributed by atoms with Gasteiger partial charge in [-0.25, -0.2) is 9.07 Å². The van der Waals surface area contributed by atoms with Gasteiger partial charge in [-0.05, 0) is 30.7 Å². The third-order valence-corrected chi connectivity index (χ3v) is 3.06. The summed E-state index contributed by atoms with van der Waals surface area (Å²) >= 11 is 6.03. The Hall–Kier alpha value is -1.94. The SMILES string of the molecule is Cc1cncc(-n2ncc3c(Cl)ccc(F)c32)c1. The van der Waals surface area contributed by atoms with Crippen LogP contribution in [0.2, 0.25) is 5.02 Å². The molecule has 3 nitrogen and oxygen atoms in total. The highest BCUT2D eigenvalue weighted by Gasteiger charge is 2.12. The summed E-state index contributed by atoms with van der Waals surface area (Å²) in [5.41, 5.74) is 2.07. The van der Waals surface area contributed by atoms with Crippen molar-refractivity contribution in [3.05, 3.63) is 53.2 Å². The molecule has 90 valence electrons. The first-order valence-corrected chi connectivity index (χ1v) is 5.78. The van der Waals surface area contributed by atoms with Crippen molar-refractivity contribution in [1.82, 2.24) is 14.8 Å². The molecule has 3 rings (SSSR count). The van der Waals surface area contributed by atoms with Gasteiger partial charge in [-0.3, -0.25) is 4.98 Å². The van der Waals surface area contributed by atoms with E-state index < -0.39 is 0 Å². The van der Waals surface area contributed by atoms with Gasteiger partial charge >= 0.3 is 0 Å². The molecule has 0 radical (unpaired) electrons. The van der Waals surface area contributed by atoms with Crippen LogP contribution in [0.3, 0.4) is 0 Å². The fraction of sp³-hybridized carbons (Fsp3) is 0.0769. The normalized spacial score (nSPS) is 11.1. The Morgan fingerprint density at radius 3 is 2.83 bits per heavy atom. The van der Waals surface area contributed by atoms with E-state index in [1.807, 2.05) is 13.0 Å². The van der Waals surface area contributed by atoms with Crippen molar-refractivity contribution < 1.29 is 4.39 Å². The number of hydrogen-bond donors (Lipinski definition) is 0. The molecule has 0 aliphatic rings. The maximum atomic E-state index is 13.9. The summed E-state index contributed by atoms with van der Waals surface area (Å²) < 4.78 is 15.4. The first-order chi connectivity index (χ1) is 8.66. The molecule has 0 saturated heterocycles. The Kier molecular flexibility index (Phi) is 2.52. The average Bonchev–Trinajstić information content (AvgIpc) is 2.80. The van der Waals surface area contributed by atoms with E-state index in [0.29, 0.717) is 21.6 Å². The molecule has 1 aromatic carbocycles. The lowest BCUT2D eigenvalue weighted by Gasteiger charge is -2.05. The second-order valence-corrected chi connectivity index (χ2v) is 4.48. The van der Waals surface area contributed by atoms with Gasteiger partial charge in [-0.2, -0.15) is 5.10 Å². The highest BCUT2D eigenvalue weighted by atomic mass is 35.5. The van der Waals surface area contributed by atoms with E-state index in [4.69, 9.17) is 11.6 Å². The molecule has 0 spiro atoms. The van der Waals surface area contributed by atoms with E-state index in [9.17, 15) is 4.39 Å². The molecular formula is C13H9ClFN3. The van der Waals surface area contributed by atoms with Gasteiger partial charge < -0.3 is 0 Å². The Morgan fingerprint density at radius 2 is 2.06 bits per heavy atom. The number of hydrogen-bond acceptors (Lipinski definition) is 2. The molecule has 0 bridgehead atoms. The standard InChI is InChI=1S/C13H9ClFN3/c1-8-4-9(6-16-5-8)18-13-10(7-17-18)11(14)2-3-12(13)15/h2-7H,1H3. The first-order valence-electron chi connectivity index (χ1n) is 5.40. The topological polar surface area (TPSA) is 30.7 Å². The number of benzene rings is 1. The molecule has 0 unspecified atom stereocenters. The van der Waals surface area contributed by atoms with E-state index in [1.165, 1.54) is 16.8 Å². The number of aromatic nitrogens is 3. The molecule has 0 aliphatic carbocycles. The number of rotatable bonds is 1. The summed E-state index contributed by atoms with van der Waals surface area (Å²) in [5, 5.41) is 5.26. The summed E-state index contributed by atoms with van der Waals surface area (Å²) in [5.74, 6) is -0.353. The number of nitrogens with zero attached hydrogens (tertiary/aromatic N) is 3. The molecule has 5 heteroatoms. The van der Waals surface area contributed by atoms with Crippen molar-refractivity contribution >= 4 is 22.5 Å². The van der Waals surface area contributed by atoms with Gasteiger partial charge in [-0.15, -0.1) is 0 Å². The molecule has 3 aromatic rings. The van der Waals surface area contributed by atoms with E-state index in [-0.39, 0.29) is 5.82 Å². The van der Waals surface area contributed by atoms with Crippen molar-refractivity contribution in [2.75, 3.05) is 0 Å². The highest BCUT2D eigenvalue weighted by molar-refractivity contribution is 6.35. The van der Waals surface area contributed by atoms with E-state index in [2.05, 4.69) is 10.1 Å². The lowest BCUT2D eigenvalue weighted by molar-refractivity contribution is 0.631. The van der Waals surface area contributed by atoms with Gasteiger partial charge in [0.2, 0.25) is 0 Å². The molecule has 0 amide bonds. The first kappa shape index (κ1) is 11.2. The van der Waals surface area contributed by atoms with Crippen LogP contribution in [0.15, 0.2) is 36.8 Å². The minimum absolute atomic E-state index is 0.353. The van der Waals surface area contributed by atoms with Crippen molar-refractivity contribution in [2.24, 2.45) is 0 Å². The van der Waals surface area contributed by atoms with Crippen LogP contribution in [0.25, 0.3) is 16.6 Å². The Morgan fingerprint density at radius 1 is 1.22 bits per heavy atom. The molecule has 0 fully saturated rings. The van der Waals surface area contributed by atoms with Crippen molar-refractivity contribution in [2.45, 2.75) is 6.92 Å². The van der Waals surface area contributed by atoms with Gasteiger partial charge in [0, 0.05) is 11.6 Å². The smallest absolute Gasteiger partial charge is 0.149 e. The van der Waals surface area contributed by atoms with Crippen LogP contribution in [-0.4, -0.2) is 14.8 Å². The largest absolute Gasteiger partial charge is 0.262 e. The predicted octanol–water partition coefficient (Wildman–Crippen LogP) is 3.52. The molecule has 0 saturated carbocycles. The number of fused-ring (bicyclic) bond motifs is 1. The third-order valence-electron chi connectivity index (χ3n) is 2.73. The minimum Gasteiger partial charge on any atom is -0.262 e. The van der Waals surface area contributed by atoms with Crippen LogP contribution in [0.4, 0.5) is 4.39 Å². The molecule has 2 heterocycles. The molecule has 18 heavy (non-hydrogen) atoms. The predicted molar refractivity (Wildman–Crippen MR) is 68.6 cm³/mol. The average molecular weight is 262 g/mol. The second-order valence-electron chi connectivity index (χ2n) is 4.07. The van der Waals surface area contributed by atoms with Gasteiger partial charge in [0.25, 0.3) is 0 Å². The van der Waals surface area contributed by atoms with E-state index in [1.54, 1.807) is 18.6 Å². The fourth-order valence-electron chi connectivity index (χ4n) is 1.92. The molecular weight excluding hydrogens is 253 g/mol. The Labute approximate surface area is 108 Å². The summed E-state index contributed by atoms with van der Waals surface area (Å²) in [4.78, 5) is 4.08. The maximum Gasteiger partial charge on any atom is 0.149 e. The van der Waals surface area contributed by atoms with Crippen LogP contribution in [0.1, 0.15) is 5.56 Å². The van der Waals surface area contributed by atoms with E-state index in [0.717, 1.165) is 5.56 Å². The van der Waals surface area contributed by atoms with Crippen molar-refractivity contribution in [3.8, 4) is 5.69 Å². The van der Waals surface area contributed by atoms with Crippen LogP contribution >= 0.6 is 11.6 Å². The lowest BCUT2D eigenvalue weighted by Crippen LogP contribution is -1.98. The van der Waals surface area contributed by atoms with Crippen molar-refractivity contribution in [3.63, 3.8) is 0 Å². The molecule has 0 N–H and O–H groups in total. The van der Waals surface area contributed by atoms with Gasteiger partial charge in [-0.1, -0.05) is 11.6 Å². The van der Waals surface area contributed by atoms with Crippen LogP contribution in [0.5, 0.6) is 0 Å². The second kappa shape index (κ2) is 4.07. The zero-order valence-corrected chi connectivity index (χ0v) is 10.3.